The van der Waals surface area contributed by atoms with Crippen LogP contribution in [-0.4, -0.2) is 40.7 Å². The summed E-state index contributed by atoms with van der Waals surface area (Å²) in [6.07, 6.45) is 0.253. The Kier molecular flexibility index (Phi) is 5.27. The molecule has 4 aromatic rings. The van der Waals surface area contributed by atoms with Gasteiger partial charge in [-0.05, 0) is 42.7 Å². The molecule has 0 radical (unpaired) electrons. The lowest BCUT2D eigenvalue weighted by Gasteiger charge is -2.11. The van der Waals surface area contributed by atoms with E-state index < -0.39 is 17.4 Å². The molecular formula is C20H16ClF3N8O2. The summed E-state index contributed by atoms with van der Waals surface area (Å²) in [7, 11) is 0. The van der Waals surface area contributed by atoms with Gasteiger partial charge < -0.3 is 15.4 Å². The molecule has 14 heteroatoms. The first kappa shape index (κ1) is 21.9. The van der Waals surface area contributed by atoms with Gasteiger partial charge >= 0.3 is 11.9 Å². The SMILES string of the molecule is O=c1[nH]c(O)c(C=c2cnn3c(=NC4CC4)nc(NCc4cc(C(F)(F)F)ccc4Cl)nc23)[nH]1. The average Bonchev–Trinajstić information content (AvgIpc) is 3.40. The molecule has 5 rings (SSSR count). The molecule has 1 aliphatic carbocycles. The molecule has 1 aromatic carbocycles. The van der Waals surface area contributed by atoms with E-state index in [-0.39, 0.29) is 46.3 Å². The number of nitrogens with zero attached hydrogens (tertiary/aromatic N) is 5. The maximum absolute atomic E-state index is 13.1. The van der Waals surface area contributed by atoms with Crippen molar-refractivity contribution >= 4 is 29.3 Å². The normalized spacial score (nSPS) is 15.4. The van der Waals surface area contributed by atoms with Crippen molar-refractivity contribution in [2.75, 3.05) is 5.32 Å². The standard InChI is InChI=1S/C20H16ClF3N8O2/c21-13-4-1-11(20(22,23)24)5-9(13)7-25-17-29-15-10(6-14-16(33)30-19(34)28-14)8-26-32(15)18(31-17)27-12-2-3-12/h1,4-6,8,12,33H,2-3,7H2,(H,25,27,31)(H2,28,30,34). The number of imidazole rings is 1. The second-order valence-corrected chi connectivity index (χ2v) is 8.09. The molecule has 0 unspecified atom stereocenters. The summed E-state index contributed by atoms with van der Waals surface area (Å²) in [5.74, 6) is -0.249. The fourth-order valence-electron chi connectivity index (χ4n) is 3.22. The first-order valence-corrected chi connectivity index (χ1v) is 10.5. The van der Waals surface area contributed by atoms with E-state index in [0.29, 0.717) is 10.9 Å². The molecule has 0 amide bonds. The van der Waals surface area contributed by atoms with Gasteiger partial charge in [0.1, 0.15) is 5.69 Å². The number of anilines is 1. The summed E-state index contributed by atoms with van der Waals surface area (Å²) in [6, 6.07) is 3.17. The van der Waals surface area contributed by atoms with Gasteiger partial charge in [0, 0.05) is 16.8 Å². The number of aromatic hydroxyl groups is 1. The smallest absolute Gasteiger partial charge is 0.416 e. The van der Waals surface area contributed by atoms with Crippen molar-refractivity contribution in [1.82, 2.24) is 29.5 Å². The second kappa shape index (κ2) is 8.17. The van der Waals surface area contributed by atoms with Gasteiger partial charge in [0.2, 0.25) is 11.8 Å². The second-order valence-electron chi connectivity index (χ2n) is 7.69. The zero-order chi connectivity index (χ0) is 24.0. The van der Waals surface area contributed by atoms with Crippen molar-refractivity contribution in [2.24, 2.45) is 4.99 Å². The van der Waals surface area contributed by atoms with Gasteiger partial charge in [0.05, 0.1) is 17.8 Å². The van der Waals surface area contributed by atoms with Gasteiger partial charge in [0.15, 0.2) is 5.65 Å². The largest absolute Gasteiger partial charge is 0.493 e. The van der Waals surface area contributed by atoms with E-state index in [1.165, 1.54) is 22.9 Å². The third kappa shape index (κ3) is 4.46. The van der Waals surface area contributed by atoms with E-state index in [2.05, 4.69) is 35.3 Å². The lowest BCUT2D eigenvalue weighted by Crippen LogP contribution is -2.24. The number of fused-ring (bicyclic) bond motifs is 1. The van der Waals surface area contributed by atoms with E-state index in [9.17, 15) is 23.1 Å². The lowest BCUT2D eigenvalue weighted by molar-refractivity contribution is -0.137. The molecule has 3 aromatic heterocycles. The number of aromatic amines is 2. The Morgan fingerprint density at radius 1 is 1.29 bits per heavy atom. The Morgan fingerprint density at radius 3 is 2.76 bits per heavy atom. The van der Waals surface area contributed by atoms with E-state index >= 15 is 0 Å². The Morgan fingerprint density at radius 2 is 2.09 bits per heavy atom. The van der Waals surface area contributed by atoms with Gasteiger partial charge in [-0.25, -0.2) is 9.79 Å². The first-order chi connectivity index (χ1) is 16.2. The first-order valence-electron chi connectivity index (χ1n) is 10.1. The molecule has 0 atom stereocenters. The van der Waals surface area contributed by atoms with Crippen LogP contribution in [0.3, 0.4) is 0 Å². The van der Waals surface area contributed by atoms with Gasteiger partial charge in [-0.2, -0.15) is 32.8 Å². The van der Waals surface area contributed by atoms with Crippen molar-refractivity contribution in [1.29, 1.82) is 0 Å². The number of nitrogens with one attached hydrogen (secondary N) is 3. The molecule has 1 aliphatic rings. The van der Waals surface area contributed by atoms with Crippen LogP contribution in [0.15, 0.2) is 34.2 Å². The molecule has 0 bridgehead atoms. The van der Waals surface area contributed by atoms with E-state index in [4.69, 9.17) is 11.6 Å². The third-order valence-corrected chi connectivity index (χ3v) is 5.44. The van der Waals surface area contributed by atoms with Gasteiger partial charge in [-0.3, -0.25) is 4.98 Å². The van der Waals surface area contributed by atoms with Gasteiger partial charge in [-0.1, -0.05) is 11.6 Å². The molecule has 0 saturated heterocycles. The van der Waals surface area contributed by atoms with Crippen molar-refractivity contribution in [3.8, 4) is 5.88 Å². The number of hydrogen-bond donors (Lipinski definition) is 4. The number of rotatable bonds is 5. The third-order valence-electron chi connectivity index (χ3n) is 5.07. The highest BCUT2D eigenvalue weighted by Crippen LogP contribution is 2.32. The lowest BCUT2D eigenvalue weighted by atomic mass is 10.1. The van der Waals surface area contributed by atoms with Crippen molar-refractivity contribution in [2.45, 2.75) is 31.6 Å². The minimum absolute atomic E-state index is 0.0686. The van der Waals surface area contributed by atoms with E-state index in [0.717, 1.165) is 25.0 Å². The molecule has 3 heterocycles. The minimum Gasteiger partial charge on any atom is -0.493 e. The summed E-state index contributed by atoms with van der Waals surface area (Å²) in [4.78, 5) is 29.4. The zero-order valence-electron chi connectivity index (χ0n) is 17.2. The summed E-state index contributed by atoms with van der Waals surface area (Å²) >= 11 is 6.09. The van der Waals surface area contributed by atoms with Gasteiger partial charge in [0.25, 0.3) is 5.62 Å². The number of aromatic nitrogens is 6. The molecule has 176 valence electrons. The van der Waals surface area contributed by atoms with Gasteiger partial charge in [-0.15, -0.1) is 0 Å². The Hall–Kier alpha value is -3.87. The quantitative estimate of drug-likeness (QED) is 0.335. The predicted molar refractivity (Wildman–Crippen MR) is 115 cm³/mol. The number of H-pyrrole nitrogens is 2. The Bertz CT molecular complexity index is 1570. The molecule has 1 fully saturated rings. The van der Waals surface area contributed by atoms with Crippen LogP contribution in [0.4, 0.5) is 19.1 Å². The topological polar surface area (TPSA) is 136 Å². The summed E-state index contributed by atoms with van der Waals surface area (Å²) in [5.41, 5.74) is -0.479. The summed E-state index contributed by atoms with van der Waals surface area (Å²) in [5, 5.41) is 17.6. The molecule has 1 saturated carbocycles. The number of benzene rings is 1. The maximum Gasteiger partial charge on any atom is 0.416 e. The van der Waals surface area contributed by atoms with Crippen LogP contribution in [0.5, 0.6) is 5.88 Å². The molecule has 10 nitrogen and oxygen atoms in total. The highest BCUT2D eigenvalue weighted by atomic mass is 35.5. The highest BCUT2D eigenvalue weighted by molar-refractivity contribution is 6.31. The number of hydrogen-bond acceptors (Lipinski definition) is 7. The highest BCUT2D eigenvalue weighted by Gasteiger charge is 2.31. The Labute approximate surface area is 192 Å². The fourth-order valence-corrected chi connectivity index (χ4v) is 3.40. The summed E-state index contributed by atoms with van der Waals surface area (Å²) < 4.78 is 40.6. The summed E-state index contributed by atoms with van der Waals surface area (Å²) in [6.45, 7) is -0.0686. The molecule has 0 spiro atoms. The van der Waals surface area contributed by atoms with Crippen LogP contribution in [-0.2, 0) is 12.7 Å². The average molecular weight is 493 g/mol. The zero-order valence-corrected chi connectivity index (χ0v) is 17.9. The van der Waals surface area contributed by atoms with Crippen LogP contribution in [0, 0.1) is 0 Å². The molecule has 34 heavy (non-hydrogen) atoms. The fraction of sp³-hybridized carbons (Fsp3) is 0.250. The van der Waals surface area contributed by atoms with E-state index in [1.54, 1.807) is 0 Å². The van der Waals surface area contributed by atoms with Crippen LogP contribution in [0.25, 0.3) is 11.7 Å². The van der Waals surface area contributed by atoms with Crippen molar-refractivity contribution < 1.29 is 18.3 Å². The predicted octanol–water partition coefficient (Wildman–Crippen LogP) is 1.74. The number of halogens is 4. The van der Waals surface area contributed by atoms with Crippen LogP contribution in [0.1, 0.15) is 29.7 Å². The van der Waals surface area contributed by atoms with Crippen molar-refractivity contribution in [3.63, 3.8) is 0 Å². The minimum atomic E-state index is -4.50. The molecule has 0 aliphatic heterocycles. The molecular weight excluding hydrogens is 477 g/mol. The van der Waals surface area contributed by atoms with Crippen molar-refractivity contribution in [3.05, 3.63) is 67.6 Å². The number of alkyl halides is 3. The van der Waals surface area contributed by atoms with E-state index in [1.807, 2.05) is 0 Å². The van der Waals surface area contributed by atoms with Crippen LogP contribution >= 0.6 is 11.6 Å². The molecule has 4 N–H and O–H groups in total. The monoisotopic (exact) mass is 492 g/mol. The maximum atomic E-state index is 13.1. The Balaban J connectivity index is 1.56. The van der Waals surface area contributed by atoms with Crippen LogP contribution in [0.2, 0.25) is 5.02 Å². The van der Waals surface area contributed by atoms with Crippen LogP contribution < -0.4 is 21.8 Å².